The summed E-state index contributed by atoms with van der Waals surface area (Å²) < 4.78 is 5.08. The Morgan fingerprint density at radius 2 is 2.46 bits per heavy atom. The third-order valence-corrected chi connectivity index (χ3v) is 2.70. The summed E-state index contributed by atoms with van der Waals surface area (Å²) >= 11 is 1.43. The van der Waals surface area contributed by atoms with Crippen molar-refractivity contribution in [1.82, 2.24) is 4.98 Å². The Labute approximate surface area is 79.7 Å². The second kappa shape index (κ2) is 3.32. The Bertz CT molecular complexity index is 380. The van der Waals surface area contributed by atoms with Gasteiger partial charge in [0.2, 0.25) is 0 Å². The Balaban J connectivity index is 2.28. The van der Waals surface area contributed by atoms with Crippen LogP contribution in [0.3, 0.4) is 0 Å². The number of rotatable bonds is 2. The minimum atomic E-state index is -0.728. The van der Waals surface area contributed by atoms with E-state index in [1.807, 2.05) is 12.3 Å². The third-order valence-electron chi connectivity index (χ3n) is 1.68. The van der Waals surface area contributed by atoms with Gasteiger partial charge in [0.25, 0.3) is 0 Å². The van der Waals surface area contributed by atoms with Crippen LogP contribution in [0.2, 0.25) is 0 Å². The highest BCUT2D eigenvalue weighted by Gasteiger charge is 2.15. The van der Waals surface area contributed by atoms with Gasteiger partial charge in [0.15, 0.2) is 6.10 Å². The monoisotopic (exact) mass is 195 g/mol. The van der Waals surface area contributed by atoms with Crippen molar-refractivity contribution in [2.24, 2.45) is 0 Å². The van der Waals surface area contributed by atoms with Crippen LogP contribution in [-0.2, 0) is 0 Å². The lowest BCUT2D eigenvalue weighted by Crippen LogP contribution is -1.96. The fraction of sp³-hybridized carbons (Fsp3) is 0.222. The topological polar surface area (TPSA) is 46.3 Å². The molecule has 0 fully saturated rings. The van der Waals surface area contributed by atoms with Crippen LogP contribution in [0.4, 0.5) is 0 Å². The van der Waals surface area contributed by atoms with E-state index in [0.717, 1.165) is 5.69 Å². The number of aromatic nitrogens is 1. The van der Waals surface area contributed by atoms with E-state index in [4.69, 9.17) is 4.42 Å². The molecule has 1 unspecified atom stereocenters. The lowest BCUT2D eigenvalue weighted by Gasteiger charge is -2.01. The van der Waals surface area contributed by atoms with Gasteiger partial charge in [-0.25, -0.2) is 4.98 Å². The van der Waals surface area contributed by atoms with Crippen molar-refractivity contribution in [3.8, 4) is 0 Å². The van der Waals surface area contributed by atoms with Crippen molar-refractivity contribution in [3.63, 3.8) is 0 Å². The van der Waals surface area contributed by atoms with Crippen LogP contribution in [-0.4, -0.2) is 10.1 Å². The van der Waals surface area contributed by atoms with Crippen molar-refractivity contribution >= 4 is 11.3 Å². The molecule has 0 saturated heterocycles. The summed E-state index contributed by atoms with van der Waals surface area (Å²) in [6.45, 7) is 1.90. The zero-order valence-corrected chi connectivity index (χ0v) is 7.91. The molecule has 0 aliphatic carbocycles. The molecule has 68 valence electrons. The predicted octanol–water partition coefficient (Wildman–Crippen LogP) is 2.13. The molecule has 0 saturated carbocycles. The highest BCUT2D eigenvalue weighted by Crippen LogP contribution is 2.24. The highest BCUT2D eigenvalue weighted by atomic mass is 32.1. The molecule has 4 heteroatoms. The van der Waals surface area contributed by atoms with Gasteiger partial charge in [-0.1, -0.05) is 0 Å². The Kier molecular flexibility index (Phi) is 2.16. The second-order valence-electron chi connectivity index (χ2n) is 2.75. The molecule has 1 atom stereocenters. The van der Waals surface area contributed by atoms with E-state index in [-0.39, 0.29) is 0 Å². The van der Waals surface area contributed by atoms with Crippen LogP contribution in [0.15, 0.2) is 28.2 Å². The second-order valence-corrected chi connectivity index (χ2v) is 3.63. The van der Waals surface area contributed by atoms with Gasteiger partial charge in [0, 0.05) is 11.1 Å². The molecule has 0 spiro atoms. The third kappa shape index (κ3) is 1.64. The number of hydrogen-bond acceptors (Lipinski definition) is 4. The predicted molar refractivity (Wildman–Crippen MR) is 49.6 cm³/mol. The number of aryl methyl sites for hydroxylation is 1. The molecule has 2 rings (SSSR count). The highest BCUT2D eigenvalue weighted by molar-refractivity contribution is 7.09. The van der Waals surface area contributed by atoms with E-state index in [0.29, 0.717) is 10.8 Å². The molecule has 2 heterocycles. The maximum absolute atomic E-state index is 9.75. The summed E-state index contributed by atoms with van der Waals surface area (Å²) in [5, 5.41) is 12.3. The summed E-state index contributed by atoms with van der Waals surface area (Å²) in [7, 11) is 0. The summed E-state index contributed by atoms with van der Waals surface area (Å²) in [6, 6.07) is 3.49. The first-order valence-electron chi connectivity index (χ1n) is 3.91. The lowest BCUT2D eigenvalue weighted by molar-refractivity contribution is 0.189. The van der Waals surface area contributed by atoms with Gasteiger partial charge in [-0.15, -0.1) is 11.3 Å². The minimum Gasteiger partial charge on any atom is -0.466 e. The van der Waals surface area contributed by atoms with Crippen molar-refractivity contribution in [3.05, 3.63) is 40.2 Å². The largest absolute Gasteiger partial charge is 0.466 e. The van der Waals surface area contributed by atoms with Crippen LogP contribution in [0.5, 0.6) is 0 Å². The average Bonchev–Trinajstić information content (AvgIpc) is 2.72. The molecule has 0 bridgehead atoms. The normalized spacial score (nSPS) is 13.1. The fourth-order valence-corrected chi connectivity index (χ4v) is 1.85. The van der Waals surface area contributed by atoms with Gasteiger partial charge in [0.1, 0.15) is 10.8 Å². The maximum Gasteiger partial charge on any atom is 0.163 e. The zero-order chi connectivity index (χ0) is 9.26. The number of furan rings is 1. The van der Waals surface area contributed by atoms with Gasteiger partial charge in [-0.3, -0.25) is 0 Å². The molecular formula is C9H9NO2S. The first-order valence-corrected chi connectivity index (χ1v) is 4.79. The average molecular weight is 195 g/mol. The SMILES string of the molecule is Cc1csc(C(O)c2ccco2)n1. The van der Waals surface area contributed by atoms with Gasteiger partial charge in [0.05, 0.1) is 6.26 Å². The number of hydrogen-bond donors (Lipinski definition) is 1. The van der Waals surface area contributed by atoms with E-state index in [1.54, 1.807) is 18.4 Å². The molecule has 0 aliphatic heterocycles. The zero-order valence-electron chi connectivity index (χ0n) is 7.10. The van der Waals surface area contributed by atoms with Crippen molar-refractivity contribution < 1.29 is 9.52 Å². The van der Waals surface area contributed by atoms with E-state index in [2.05, 4.69) is 4.98 Å². The van der Waals surface area contributed by atoms with Crippen LogP contribution in [0.1, 0.15) is 22.6 Å². The van der Waals surface area contributed by atoms with E-state index >= 15 is 0 Å². The van der Waals surface area contributed by atoms with Gasteiger partial charge in [-0.2, -0.15) is 0 Å². The summed E-state index contributed by atoms with van der Waals surface area (Å²) in [5.74, 6) is 0.536. The van der Waals surface area contributed by atoms with Gasteiger partial charge >= 0.3 is 0 Å². The summed E-state index contributed by atoms with van der Waals surface area (Å²) in [4.78, 5) is 4.18. The van der Waals surface area contributed by atoms with E-state index in [1.165, 1.54) is 11.3 Å². The maximum atomic E-state index is 9.75. The number of thiazole rings is 1. The van der Waals surface area contributed by atoms with Gasteiger partial charge in [-0.05, 0) is 19.1 Å². The lowest BCUT2D eigenvalue weighted by atomic mass is 10.3. The fourth-order valence-electron chi connectivity index (χ4n) is 1.07. The molecule has 3 nitrogen and oxygen atoms in total. The molecule has 1 N–H and O–H groups in total. The number of aliphatic hydroxyl groups is 1. The van der Waals surface area contributed by atoms with Crippen LogP contribution < -0.4 is 0 Å². The van der Waals surface area contributed by atoms with Crippen molar-refractivity contribution in [2.75, 3.05) is 0 Å². The molecule has 0 amide bonds. The molecular weight excluding hydrogens is 186 g/mol. The van der Waals surface area contributed by atoms with Crippen molar-refractivity contribution in [1.29, 1.82) is 0 Å². The molecule has 2 aromatic rings. The molecule has 0 radical (unpaired) electrons. The first kappa shape index (κ1) is 8.47. The molecule has 2 aromatic heterocycles. The Morgan fingerprint density at radius 3 is 3.00 bits per heavy atom. The van der Waals surface area contributed by atoms with E-state index < -0.39 is 6.10 Å². The number of nitrogens with zero attached hydrogens (tertiary/aromatic N) is 1. The molecule has 13 heavy (non-hydrogen) atoms. The minimum absolute atomic E-state index is 0.536. The number of aliphatic hydroxyl groups excluding tert-OH is 1. The summed E-state index contributed by atoms with van der Waals surface area (Å²) in [6.07, 6.45) is 0.813. The van der Waals surface area contributed by atoms with Crippen LogP contribution in [0, 0.1) is 6.92 Å². The summed E-state index contributed by atoms with van der Waals surface area (Å²) in [5.41, 5.74) is 0.922. The van der Waals surface area contributed by atoms with Crippen LogP contribution in [0.25, 0.3) is 0 Å². The smallest absolute Gasteiger partial charge is 0.163 e. The van der Waals surface area contributed by atoms with E-state index in [9.17, 15) is 5.11 Å². The van der Waals surface area contributed by atoms with Gasteiger partial charge < -0.3 is 9.52 Å². The quantitative estimate of drug-likeness (QED) is 0.798. The standard InChI is InChI=1S/C9H9NO2S/c1-6-5-13-9(10-6)8(11)7-3-2-4-12-7/h2-5,8,11H,1H3. The molecule has 0 aromatic carbocycles. The Morgan fingerprint density at radius 1 is 1.62 bits per heavy atom. The van der Waals surface area contributed by atoms with Crippen molar-refractivity contribution in [2.45, 2.75) is 13.0 Å². The molecule has 0 aliphatic rings. The Hall–Kier alpha value is -1.13. The van der Waals surface area contributed by atoms with Crippen LogP contribution >= 0.6 is 11.3 Å². The first-order chi connectivity index (χ1) is 6.27.